The highest BCUT2D eigenvalue weighted by Crippen LogP contribution is 2.37. The summed E-state index contributed by atoms with van der Waals surface area (Å²) < 4.78 is 25.5. The van der Waals surface area contributed by atoms with Gasteiger partial charge in [0.2, 0.25) is 5.91 Å². The molecule has 11 heteroatoms. The number of ether oxygens (including phenoxy) is 2. The van der Waals surface area contributed by atoms with Gasteiger partial charge in [0.15, 0.2) is 11.5 Å². The largest absolute Gasteiger partial charge is 0.493 e. The van der Waals surface area contributed by atoms with E-state index in [9.17, 15) is 18.8 Å². The first kappa shape index (κ1) is 27.0. The van der Waals surface area contributed by atoms with Crippen molar-refractivity contribution in [2.75, 3.05) is 19.0 Å². The number of amides is 3. The molecule has 1 aliphatic rings. The summed E-state index contributed by atoms with van der Waals surface area (Å²) in [5, 5.41) is 2.54. The number of carbonyl (C=O) groups excluding carboxylic acids is 3. The molecule has 0 radical (unpaired) electrons. The van der Waals surface area contributed by atoms with Gasteiger partial charge in [-0.25, -0.2) is 4.39 Å². The van der Waals surface area contributed by atoms with Crippen molar-refractivity contribution in [1.29, 1.82) is 0 Å². The Morgan fingerprint density at radius 2 is 1.92 bits per heavy atom. The minimum atomic E-state index is -0.618. The van der Waals surface area contributed by atoms with Crippen LogP contribution in [0.25, 0.3) is 6.08 Å². The SMILES string of the molecule is COc1cc(/C=C2\SC(=O)N(CC(=O)Nc3cccc(F)c3)C2=O)cc(I)c1OCc1ccc(Cl)cc1. The Labute approximate surface area is 235 Å². The third kappa shape index (κ3) is 6.82. The molecule has 1 fully saturated rings. The summed E-state index contributed by atoms with van der Waals surface area (Å²) in [6.45, 7) is -0.184. The summed E-state index contributed by atoms with van der Waals surface area (Å²) in [5.41, 5.74) is 1.78. The second kappa shape index (κ2) is 12.0. The number of methoxy groups -OCH3 is 1. The standard InChI is InChI=1S/C26H19ClFIN2O5S/c1-35-21-10-16(9-20(29)24(21)36-14-15-5-7-17(27)8-6-15)11-22-25(33)31(26(34)37-22)13-23(32)30-19-4-2-3-18(28)12-19/h2-12H,13-14H2,1H3,(H,30,32)/b22-11-. The Morgan fingerprint density at radius 3 is 2.62 bits per heavy atom. The van der Waals surface area contributed by atoms with Gasteiger partial charge in [0, 0.05) is 10.7 Å². The van der Waals surface area contributed by atoms with Crippen LogP contribution in [0.1, 0.15) is 11.1 Å². The molecule has 190 valence electrons. The first-order chi connectivity index (χ1) is 17.7. The zero-order valence-electron chi connectivity index (χ0n) is 19.3. The van der Waals surface area contributed by atoms with Crippen LogP contribution < -0.4 is 14.8 Å². The van der Waals surface area contributed by atoms with Gasteiger partial charge in [-0.15, -0.1) is 0 Å². The van der Waals surface area contributed by atoms with Gasteiger partial charge in [0.05, 0.1) is 15.6 Å². The van der Waals surface area contributed by atoms with Crippen molar-refractivity contribution in [2.24, 2.45) is 0 Å². The van der Waals surface area contributed by atoms with Gasteiger partial charge >= 0.3 is 0 Å². The molecule has 1 saturated heterocycles. The number of halogens is 3. The third-order valence-corrected chi connectivity index (χ3v) is 7.09. The number of nitrogens with one attached hydrogen (secondary N) is 1. The fraction of sp³-hybridized carbons (Fsp3) is 0.115. The Morgan fingerprint density at radius 1 is 1.16 bits per heavy atom. The molecule has 0 saturated carbocycles. The number of hydrogen-bond acceptors (Lipinski definition) is 6. The number of rotatable bonds is 8. The molecule has 4 rings (SSSR count). The molecule has 0 aliphatic carbocycles. The van der Waals surface area contributed by atoms with E-state index in [1.54, 1.807) is 30.3 Å². The Hall–Kier alpha value is -3.09. The minimum Gasteiger partial charge on any atom is -0.493 e. The average Bonchev–Trinajstić information content (AvgIpc) is 3.11. The second-order valence-electron chi connectivity index (χ2n) is 7.78. The van der Waals surface area contributed by atoms with Crippen molar-refractivity contribution in [2.45, 2.75) is 6.61 Å². The van der Waals surface area contributed by atoms with Crippen LogP contribution in [0.5, 0.6) is 11.5 Å². The molecular formula is C26H19ClFIN2O5S. The molecule has 0 atom stereocenters. The zero-order valence-corrected chi connectivity index (χ0v) is 23.0. The van der Waals surface area contributed by atoms with Crippen LogP contribution in [0.4, 0.5) is 14.9 Å². The lowest BCUT2D eigenvalue weighted by Crippen LogP contribution is -2.36. The lowest BCUT2D eigenvalue weighted by molar-refractivity contribution is -0.127. The molecule has 7 nitrogen and oxygen atoms in total. The number of benzene rings is 3. The minimum absolute atomic E-state index is 0.163. The lowest BCUT2D eigenvalue weighted by Gasteiger charge is -2.14. The molecule has 0 spiro atoms. The van der Waals surface area contributed by atoms with Gasteiger partial charge in [-0.1, -0.05) is 29.8 Å². The van der Waals surface area contributed by atoms with E-state index < -0.39 is 29.4 Å². The van der Waals surface area contributed by atoms with E-state index in [2.05, 4.69) is 27.9 Å². The first-order valence-corrected chi connectivity index (χ1v) is 13.1. The quantitative estimate of drug-likeness (QED) is 0.226. The van der Waals surface area contributed by atoms with Gasteiger partial charge in [0.1, 0.15) is 19.0 Å². The molecule has 3 aromatic carbocycles. The van der Waals surface area contributed by atoms with Crippen LogP contribution in [-0.2, 0) is 16.2 Å². The Balaban J connectivity index is 1.46. The molecule has 0 bridgehead atoms. The van der Waals surface area contributed by atoms with E-state index in [1.807, 2.05) is 12.1 Å². The molecule has 37 heavy (non-hydrogen) atoms. The fourth-order valence-corrected chi connectivity index (χ4v) is 5.14. The van der Waals surface area contributed by atoms with Crippen molar-refractivity contribution in [3.05, 3.63) is 91.1 Å². The molecule has 0 aromatic heterocycles. The summed E-state index contributed by atoms with van der Waals surface area (Å²) >= 11 is 8.77. The van der Waals surface area contributed by atoms with E-state index in [-0.39, 0.29) is 10.6 Å². The number of nitrogens with zero attached hydrogens (tertiary/aromatic N) is 1. The predicted molar refractivity (Wildman–Crippen MR) is 149 cm³/mol. The van der Waals surface area contributed by atoms with Crippen LogP contribution in [-0.4, -0.2) is 35.6 Å². The molecule has 1 heterocycles. The molecular weight excluding hydrogens is 634 g/mol. The van der Waals surface area contributed by atoms with Crippen LogP contribution in [0.3, 0.4) is 0 Å². The van der Waals surface area contributed by atoms with Crippen molar-refractivity contribution >= 4 is 74.8 Å². The van der Waals surface area contributed by atoms with Crippen molar-refractivity contribution in [3.63, 3.8) is 0 Å². The molecule has 3 amide bonds. The first-order valence-electron chi connectivity index (χ1n) is 10.8. The van der Waals surface area contributed by atoms with Gasteiger partial charge in [-0.2, -0.15) is 0 Å². The second-order valence-corrected chi connectivity index (χ2v) is 10.4. The van der Waals surface area contributed by atoms with Gasteiger partial charge in [-0.05, 0) is 94.0 Å². The highest BCUT2D eigenvalue weighted by atomic mass is 127. The van der Waals surface area contributed by atoms with E-state index >= 15 is 0 Å². The lowest BCUT2D eigenvalue weighted by atomic mass is 10.1. The van der Waals surface area contributed by atoms with Gasteiger partial charge in [-0.3, -0.25) is 19.3 Å². The number of hydrogen-bond donors (Lipinski definition) is 1. The molecule has 1 aliphatic heterocycles. The third-order valence-electron chi connectivity index (χ3n) is 5.13. The number of anilines is 1. The Bertz CT molecular complexity index is 1400. The van der Waals surface area contributed by atoms with Crippen LogP contribution in [0.2, 0.25) is 5.02 Å². The highest BCUT2D eigenvalue weighted by molar-refractivity contribution is 14.1. The molecule has 0 unspecified atom stereocenters. The van der Waals surface area contributed by atoms with E-state index in [0.29, 0.717) is 28.7 Å². The topological polar surface area (TPSA) is 84.9 Å². The molecule has 3 aromatic rings. The maximum absolute atomic E-state index is 13.3. The summed E-state index contributed by atoms with van der Waals surface area (Å²) in [6, 6.07) is 16.1. The monoisotopic (exact) mass is 652 g/mol. The smallest absolute Gasteiger partial charge is 0.294 e. The van der Waals surface area contributed by atoms with Crippen LogP contribution >= 0.6 is 46.0 Å². The maximum atomic E-state index is 13.3. The number of imide groups is 1. The summed E-state index contributed by atoms with van der Waals surface area (Å²) in [6.07, 6.45) is 1.56. The van der Waals surface area contributed by atoms with Gasteiger partial charge < -0.3 is 14.8 Å². The summed E-state index contributed by atoms with van der Waals surface area (Å²) in [5.74, 6) is -0.731. The predicted octanol–water partition coefficient (Wildman–Crippen LogP) is 6.35. The number of thioether (sulfide) groups is 1. The Kier molecular flexibility index (Phi) is 8.72. The fourth-order valence-electron chi connectivity index (χ4n) is 3.40. The van der Waals surface area contributed by atoms with Gasteiger partial charge in [0.25, 0.3) is 11.1 Å². The summed E-state index contributed by atoms with van der Waals surface area (Å²) in [4.78, 5) is 38.6. The van der Waals surface area contributed by atoms with Crippen molar-refractivity contribution in [1.82, 2.24) is 4.90 Å². The average molecular weight is 653 g/mol. The van der Waals surface area contributed by atoms with E-state index in [0.717, 1.165) is 31.9 Å². The highest BCUT2D eigenvalue weighted by Gasteiger charge is 2.36. The van der Waals surface area contributed by atoms with Crippen molar-refractivity contribution < 1.29 is 28.2 Å². The summed E-state index contributed by atoms with van der Waals surface area (Å²) in [7, 11) is 1.51. The van der Waals surface area contributed by atoms with Crippen LogP contribution in [0, 0.1) is 9.39 Å². The van der Waals surface area contributed by atoms with Crippen molar-refractivity contribution in [3.8, 4) is 11.5 Å². The molecule has 1 N–H and O–H groups in total. The van der Waals surface area contributed by atoms with Crippen LogP contribution in [0.15, 0.2) is 65.6 Å². The van der Waals surface area contributed by atoms with E-state index in [4.69, 9.17) is 21.1 Å². The number of carbonyl (C=O) groups is 3. The van der Waals surface area contributed by atoms with E-state index in [1.165, 1.54) is 25.3 Å². The normalized spacial score (nSPS) is 14.3. The maximum Gasteiger partial charge on any atom is 0.294 e. The zero-order chi connectivity index (χ0) is 26.5.